The summed E-state index contributed by atoms with van der Waals surface area (Å²) in [7, 11) is 5.22. The first kappa shape index (κ1) is 19.8. The smallest absolute Gasteiger partial charge is 0.283 e. The molecule has 7 heteroatoms. The highest BCUT2D eigenvalue weighted by Gasteiger charge is 2.23. The number of nitriles is 1. The molecule has 1 aromatic carbocycles. The first-order valence-corrected chi connectivity index (χ1v) is 9.19. The van der Waals surface area contributed by atoms with Crippen molar-refractivity contribution in [3.8, 4) is 17.6 Å². The lowest BCUT2D eigenvalue weighted by Crippen LogP contribution is -3.14. The van der Waals surface area contributed by atoms with Gasteiger partial charge < -0.3 is 19.7 Å². The summed E-state index contributed by atoms with van der Waals surface area (Å²) in [4.78, 5) is 13.5. The first-order valence-electron chi connectivity index (χ1n) is 8.31. The van der Waals surface area contributed by atoms with Gasteiger partial charge in [-0.25, -0.2) is 0 Å². The zero-order valence-corrected chi connectivity index (χ0v) is 16.3. The Labute approximate surface area is 158 Å². The third kappa shape index (κ3) is 4.75. The van der Waals surface area contributed by atoms with Gasteiger partial charge >= 0.3 is 0 Å². The number of hydrogen-bond acceptors (Lipinski definition) is 5. The molecule has 6 nitrogen and oxygen atoms in total. The summed E-state index contributed by atoms with van der Waals surface area (Å²) in [5, 5.41) is 14.3. The molecule has 0 saturated carbocycles. The minimum Gasteiger partial charge on any atom is -0.493 e. The van der Waals surface area contributed by atoms with E-state index in [0.29, 0.717) is 22.1 Å². The van der Waals surface area contributed by atoms with Crippen LogP contribution in [0.25, 0.3) is 0 Å². The molecule has 138 valence electrons. The summed E-state index contributed by atoms with van der Waals surface area (Å²) in [6, 6.07) is 9.41. The molecule has 0 aliphatic carbocycles. The minimum absolute atomic E-state index is 0.0891. The first-order chi connectivity index (χ1) is 12.5. The van der Waals surface area contributed by atoms with E-state index in [0.717, 1.165) is 23.4 Å². The van der Waals surface area contributed by atoms with Crippen molar-refractivity contribution in [2.75, 3.05) is 33.1 Å². The van der Waals surface area contributed by atoms with Crippen LogP contribution < -0.4 is 19.7 Å². The second kappa shape index (κ2) is 9.22. The van der Waals surface area contributed by atoms with Crippen LogP contribution in [-0.2, 0) is 11.2 Å². The lowest BCUT2D eigenvalue weighted by Gasteiger charge is -2.21. The van der Waals surface area contributed by atoms with Crippen molar-refractivity contribution >= 4 is 22.2 Å². The number of anilines is 1. The number of benzene rings is 1. The fourth-order valence-corrected chi connectivity index (χ4v) is 3.27. The lowest BCUT2D eigenvalue weighted by molar-refractivity contribution is -0.893. The van der Waals surface area contributed by atoms with Gasteiger partial charge in [-0.05, 0) is 36.1 Å². The van der Waals surface area contributed by atoms with Gasteiger partial charge in [-0.15, -0.1) is 11.3 Å². The zero-order valence-electron chi connectivity index (χ0n) is 15.5. The number of nitrogens with zero attached hydrogens (tertiary/aromatic N) is 1. The topological polar surface area (TPSA) is 75.8 Å². The van der Waals surface area contributed by atoms with Gasteiger partial charge in [0, 0.05) is 6.42 Å². The van der Waals surface area contributed by atoms with Gasteiger partial charge in [0.2, 0.25) is 0 Å². The summed E-state index contributed by atoms with van der Waals surface area (Å²) < 4.78 is 10.6. The molecule has 1 heterocycles. The second-order valence-electron chi connectivity index (χ2n) is 6.02. The molecule has 2 rings (SSSR count). The Kier molecular flexibility index (Phi) is 7.01. The number of carbonyl (C=O) groups is 1. The van der Waals surface area contributed by atoms with E-state index in [1.807, 2.05) is 32.2 Å². The van der Waals surface area contributed by atoms with Gasteiger partial charge in [-0.3, -0.25) is 4.79 Å². The highest BCUT2D eigenvalue weighted by molar-refractivity contribution is 7.14. The summed E-state index contributed by atoms with van der Waals surface area (Å²) in [5.74, 6) is 1.32. The average molecular weight is 374 g/mol. The molecule has 0 bridgehead atoms. The molecule has 0 radical (unpaired) electrons. The SMILES string of the molecule is COc1ccc(CC[NH+](C)[C@@H](C)C(=O)Nc2sccc2C#N)cc1OC. The quantitative estimate of drug-likeness (QED) is 0.738. The van der Waals surface area contributed by atoms with Crippen LogP contribution in [0.15, 0.2) is 29.6 Å². The number of amides is 1. The van der Waals surface area contributed by atoms with Crippen molar-refractivity contribution in [2.24, 2.45) is 0 Å². The van der Waals surface area contributed by atoms with Crippen LogP contribution in [0.4, 0.5) is 5.00 Å². The highest BCUT2D eigenvalue weighted by Crippen LogP contribution is 2.27. The summed E-state index contributed by atoms with van der Waals surface area (Å²) in [6.07, 6.45) is 0.812. The van der Waals surface area contributed by atoms with Crippen LogP contribution in [-0.4, -0.2) is 39.8 Å². The van der Waals surface area contributed by atoms with Crippen molar-refractivity contribution in [2.45, 2.75) is 19.4 Å². The van der Waals surface area contributed by atoms with Gasteiger partial charge in [0.1, 0.15) is 11.1 Å². The molecule has 26 heavy (non-hydrogen) atoms. The molecule has 1 aromatic heterocycles. The lowest BCUT2D eigenvalue weighted by atomic mass is 10.1. The maximum absolute atomic E-state index is 12.4. The van der Waals surface area contributed by atoms with Crippen LogP contribution in [0.1, 0.15) is 18.1 Å². The Morgan fingerprint density at radius 2 is 2.04 bits per heavy atom. The van der Waals surface area contributed by atoms with Crippen LogP contribution in [0.2, 0.25) is 0 Å². The summed E-state index contributed by atoms with van der Waals surface area (Å²) in [6.45, 7) is 2.68. The normalized spacial score (nSPS) is 12.7. The maximum Gasteiger partial charge on any atom is 0.283 e. The van der Waals surface area contributed by atoms with E-state index >= 15 is 0 Å². The number of hydrogen-bond donors (Lipinski definition) is 2. The maximum atomic E-state index is 12.4. The molecule has 1 amide bonds. The molecule has 0 aliphatic rings. The Hall–Kier alpha value is -2.56. The standard InChI is InChI=1S/C19H23N3O3S/c1-13(18(23)21-19-15(12-20)8-10-26-19)22(2)9-7-14-5-6-16(24-3)17(11-14)25-4/h5-6,8,10-11,13H,7,9H2,1-4H3,(H,21,23)/p+1/t13-/m0/s1. The van der Waals surface area contributed by atoms with E-state index < -0.39 is 0 Å². The van der Waals surface area contributed by atoms with Crippen molar-refractivity contribution < 1.29 is 19.2 Å². The Morgan fingerprint density at radius 1 is 1.31 bits per heavy atom. The van der Waals surface area contributed by atoms with E-state index in [-0.39, 0.29) is 11.9 Å². The fourth-order valence-electron chi connectivity index (χ4n) is 2.53. The zero-order chi connectivity index (χ0) is 19.1. The number of carbonyl (C=O) groups excluding carboxylic acids is 1. The number of rotatable bonds is 8. The van der Waals surface area contributed by atoms with Crippen LogP contribution in [0.5, 0.6) is 11.5 Å². The molecule has 2 aromatic rings. The van der Waals surface area contributed by atoms with Gasteiger partial charge in [0.25, 0.3) is 5.91 Å². The molecule has 0 spiro atoms. The van der Waals surface area contributed by atoms with E-state index in [2.05, 4.69) is 11.4 Å². The summed E-state index contributed by atoms with van der Waals surface area (Å²) >= 11 is 1.36. The van der Waals surface area contributed by atoms with Crippen molar-refractivity contribution in [3.63, 3.8) is 0 Å². The van der Waals surface area contributed by atoms with Crippen LogP contribution in [0.3, 0.4) is 0 Å². The Bertz CT molecular complexity index is 798. The van der Waals surface area contributed by atoms with Gasteiger partial charge in [-0.2, -0.15) is 5.26 Å². The third-order valence-electron chi connectivity index (χ3n) is 4.41. The number of thiophene rings is 1. The molecule has 0 aliphatic heterocycles. The van der Waals surface area contributed by atoms with Gasteiger partial charge in [-0.1, -0.05) is 6.07 Å². The average Bonchev–Trinajstić information content (AvgIpc) is 3.12. The molecule has 1 unspecified atom stereocenters. The fraction of sp³-hybridized carbons (Fsp3) is 0.368. The largest absolute Gasteiger partial charge is 0.493 e. The van der Waals surface area contributed by atoms with Gasteiger partial charge in [0.15, 0.2) is 17.5 Å². The third-order valence-corrected chi connectivity index (χ3v) is 5.24. The molecular weight excluding hydrogens is 350 g/mol. The highest BCUT2D eigenvalue weighted by atomic mass is 32.1. The predicted molar refractivity (Wildman–Crippen MR) is 102 cm³/mol. The number of ether oxygens (including phenoxy) is 2. The molecule has 2 N–H and O–H groups in total. The van der Waals surface area contributed by atoms with E-state index in [1.165, 1.54) is 11.3 Å². The van der Waals surface area contributed by atoms with Crippen LogP contribution >= 0.6 is 11.3 Å². The van der Waals surface area contributed by atoms with E-state index in [1.54, 1.807) is 25.7 Å². The molecule has 2 atom stereocenters. The monoisotopic (exact) mass is 374 g/mol. The van der Waals surface area contributed by atoms with E-state index in [9.17, 15) is 4.79 Å². The predicted octanol–water partition coefficient (Wildman–Crippen LogP) is 1.72. The number of likely N-dealkylation sites (N-methyl/N-ethyl adjacent to an activating group) is 1. The van der Waals surface area contributed by atoms with E-state index in [4.69, 9.17) is 14.7 Å². The Balaban J connectivity index is 1.93. The molecule has 0 fully saturated rings. The van der Waals surface area contributed by atoms with Crippen molar-refractivity contribution in [3.05, 3.63) is 40.8 Å². The minimum atomic E-state index is -0.233. The molecular formula is C19H24N3O3S+. The Morgan fingerprint density at radius 3 is 2.69 bits per heavy atom. The number of nitrogens with one attached hydrogen (secondary N) is 2. The number of methoxy groups -OCH3 is 2. The van der Waals surface area contributed by atoms with Crippen LogP contribution in [0, 0.1) is 11.3 Å². The summed E-state index contributed by atoms with van der Waals surface area (Å²) in [5.41, 5.74) is 1.62. The van der Waals surface area contributed by atoms with Gasteiger partial charge in [0.05, 0.1) is 33.4 Å². The van der Waals surface area contributed by atoms with Crippen molar-refractivity contribution in [1.29, 1.82) is 5.26 Å². The number of quaternary nitrogens is 1. The van der Waals surface area contributed by atoms with Crippen molar-refractivity contribution in [1.82, 2.24) is 0 Å². The second-order valence-corrected chi connectivity index (χ2v) is 6.94. The molecule has 0 saturated heterocycles.